The maximum Gasteiger partial charge on any atom is 0.222 e. The summed E-state index contributed by atoms with van der Waals surface area (Å²) in [5.74, 6) is 0.647. The van der Waals surface area contributed by atoms with Gasteiger partial charge in [0.05, 0.1) is 12.7 Å². The first-order valence-corrected chi connectivity index (χ1v) is 6.21. The fourth-order valence-electron chi connectivity index (χ4n) is 2.17. The predicted molar refractivity (Wildman–Crippen MR) is 62.1 cm³/mol. The Kier molecular flexibility index (Phi) is 5.77. The molecule has 94 valence electrons. The Morgan fingerprint density at radius 2 is 2.12 bits per heavy atom. The van der Waals surface area contributed by atoms with Gasteiger partial charge in [0, 0.05) is 26.1 Å². The molecular weight excluding hydrogens is 206 g/mol. The highest BCUT2D eigenvalue weighted by atomic mass is 16.5. The van der Waals surface area contributed by atoms with E-state index in [1.165, 1.54) is 0 Å². The van der Waals surface area contributed by atoms with E-state index in [4.69, 9.17) is 9.84 Å². The zero-order chi connectivity index (χ0) is 12.0. The van der Waals surface area contributed by atoms with Crippen LogP contribution in [0.4, 0.5) is 0 Å². The minimum Gasteiger partial charge on any atom is -0.395 e. The van der Waals surface area contributed by atoms with E-state index >= 15 is 0 Å². The molecule has 4 nitrogen and oxygen atoms in total. The van der Waals surface area contributed by atoms with Gasteiger partial charge >= 0.3 is 0 Å². The summed E-state index contributed by atoms with van der Waals surface area (Å²) < 4.78 is 5.46. The largest absolute Gasteiger partial charge is 0.395 e. The van der Waals surface area contributed by atoms with E-state index in [0.29, 0.717) is 31.5 Å². The highest BCUT2D eigenvalue weighted by Crippen LogP contribution is 2.33. The molecule has 0 atom stereocenters. The van der Waals surface area contributed by atoms with E-state index in [9.17, 15) is 4.79 Å². The number of amides is 1. The van der Waals surface area contributed by atoms with Gasteiger partial charge < -0.3 is 14.7 Å². The molecule has 1 amide bonds. The summed E-state index contributed by atoms with van der Waals surface area (Å²) >= 11 is 0. The van der Waals surface area contributed by atoms with Crippen molar-refractivity contribution in [2.45, 2.75) is 39.2 Å². The summed E-state index contributed by atoms with van der Waals surface area (Å²) in [5, 5.41) is 8.82. The summed E-state index contributed by atoms with van der Waals surface area (Å²) in [6, 6.07) is 0. The molecule has 0 aromatic heterocycles. The van der Waals surface area contributed by atoms with Crippen LogP contribution in [0.25, 0.3) is 0 Å². The standard InChI is InChI=1S/C12H23NO3/c1-3-13(5-6-14)12(15)9-10-7-11(8-10)16-4-2/h10-11,14H,3-9H2,1-2H3. The molecule has 1 rings (SSSR count). The molecule has 0 saturated heterocycles. The molecule has 1 saturated carbocycles. The molecule has 0 bridgehead atoms. The van der Waals surface area contributed by atoms with Crippen LogP contribution in [-0.2, 0) is 9.53 Å². The second kappa shape index (κ2) is 6.86. The van der Waals surface area contributed by atoms with Crippen molar-refractivity contribution in [2.24, 2.45) is 5.92 Å². The van der Waals surface area contributed by atoms with Crippen LogP contribution < -0.4 is 0 Å². The van der Waals surface area contributed by atoms with Gasteiger partial charge in [0.25, 0.3) is 0 Å². The van der Waals surface area contributed by atoms with Gasteiger partial charge in [-0.05, 0) is 32.6 Å². The minimum atomic E-state index is 0.0474. The highest BCUT2D eigenvalue weighted by Gasteiger charge is 2.31. The lowest BCUT2D eigenvalue weighted by atomic mass is 9.79. The molecule has 1 aliphatic rings. The number of rotatable bonds is 7. The van der Waals surface area contributed by atoms with E-state index in [1.807, 2.05) is 13.8 Å². The molecular formula is C12H23NO3. The molecule has 0 aliphatic heterocycles. The SMILES string of the molecule is CCOC1CC(CC(=O)N(CC)CCO)C1. The maximum absolute atomic E-state index is 11.8. The molecule has 0 unspecified atom stereocenters. The number of hydrogen-bond donors (Lipinski definition) is 1. The zero-order valence-electron chi connectivity index (χ0n) is 10.3. The lowest BCUT2D eigenvalue weighted by Crippen LogP contribution is -2.38. The third-order valence-corrected chi connectivity index (χ3v) is 3.16. The average molecular weight is 229 g/mol. The molecule has 0 aromatic carbocycles. The number of carbonyl (C=O) groups excluding carboxylic acids is 1. The number of likely N-dealkylation sites (N-methyl/N-ethyl adjacent to an activating group) is 1. The lowest BCUT2D eigenvalue weighted by Gasteiger charge is -2.35. The number of hydrogen-bond acceptors (Lipinski definition) is 3. The molecule has 0 radical (unpaired) electrons. The van der Waals surface area contributed by atoms with E-state index in [1.54, 1.807) is 4.90 Å². The molecule has 0 heterocycles. The monoisotopic (exact) mass is 229 g/mol. The first kappa shape index (κ1) is 13.5. The topological polar surface area (TPSA) is 49.8 Å². The third kappa shape index (κ3) is 3.76. The average Bonchev–Trinajstić information content (AvgIpc) is 2.22. The maximum atomic E-state index is 11.8. The normalized spacial score (nSPS) is 23.9. The number of carbonyl (C=O) groups is 1. The van der Waals surface area contributed by atoms with Crippen LogP contribution in [0.15, 0.2) is 0 Å². The van der Waals surface area contributed by atoms with Gasteiger partial charge in [0.1, 0.15) is 0 Å². The minimum absolute atomic E-state index is 0.0474. The molecule has 1 aliphatic carbocycles. The van der Waals surface area contributed by atoms with Gasteiger partial charge in [-0.15, -0.1) is 0 Å². The molecule has 1 N–H and O–H groups in total. The first-order chi connectivity index (χ1) is 7.71. The van der Waals surface area contributed by atoms with E-state index in [0.717, 1.165) is 19.4 Å². The molecule has 0 spiro atoms. The molecule has 16 heavy (non-hydrogen) atoms. The van der Waals surface area contributed by atoms with Crippen molar-refractivity contribution in [1.29, 1.82) is 0 Å². The van der Waals surface area contributed by atoms with Gasteiger partial charge in [-0.3, -0.25) is 4.79 Å². The van der Waals surface area contributed by atoms with Crippen molar-refractivity contribution in [3.8, 4) is 0 Å². The number of nitrogens with zero attached hydrogens (tertiary/aromatic N) is 1. The Labute approximate surface area is 97.6 Å². The molecule has 4 heteroatoms. The van der Waals surface area contributed by atoms with Crippen LogP contribution in [0, 0.1) is 5.92 Å². The summed E-state index contributed by atoms with van der Waals surface area (Å²) in [6.07, 6.45) is 3.00. The van der Waals surface area contributed by atoms with E-state index in [-0.39, 0.29) is 12.5 Å². The number of ether oxygens (including phenoxy) is 1. The number of aliphatic hydroxyl groups is 1. The summed E-state index contributed by atoms with van der Waals surface area (Å²) in [4.78, 5) is 13.5. The van der Waals surface area contributed by atoms with Crippen LogP contribution in [0.2, 0.25) is 0 Å². The molecule has 1 fully saturated rings. The van der Waals surface area contributed by atoms with Crippen LogP contribution in [0.1, 0.15) is 33.1 Å². The lowest BCUT2D eigenvalue weighted by molar-refractivity contribution is -0.134. The van der Waals surface area contributed by atoms with Crippen molar-refractivity contribution < 1.29 is 14.6 Å². The van der Waals surface area contributed by atoms with Crippen molar-refractivity contribution >= 4 is 5.91 Å². The van der Waals surface area contributed by atoms with Crippen LogP contribution in [-0.4, -0.2) is 48.3 Å². The Balaban J connectivity index is 2.20. The Morgan fingerprint density at radius 1 is 1.44 bits per heavy atom. The third-order valence-electron chi connectivity index (χ3n) is 3.16. The van der Waals surface area contributed by atoms with E-state index in [2.05, 4.69) is 0 Å². The quantitative estimate of drug-likeness (QED) is 0.709. The molecule has 0 aromatic rings. The van der Waals surface area contributed by atoms with Crippen LogP contribution in [0.3, 0.4) is 0 Å². The number of aliphatic hydroxyl groups excluding tert-OH is 1. The summed E-state index contributed by atoms with van der Waals surface area (Å²) in [5.41, 5.74) is 0. The van der Waals surface area contributed by atoms with Gasteiger partial charge in [-0.2, -0.15) is 0 Å². The Morgan fingerprint density at radius 3 is 2.62 bits per heavy atom. The van der Waals surface area contributed by atoms with Crippen molar-refractivity contribution in [1.82, 2.24) is 4.90 Å². The fourth-order valence-corrected chi connectivity index (χ4v) is 2.17. The van der Waals surface area contributed by atoms with Gasteiger partial charge in [-0.25, -0.2) is 0 Å². The Hall–Kier alpha value is -0.610. The first-order valence-electron chi connectivity index (χ1n) is 6.21. The predicted octanol–water partition coefficient (Wildman–Crippen LogP) is 1.03. The summed E-state index contributed by atoms with van der Waals surface area (Å²) in [6.45, 7) is 5.89. The van der Waals surface area contributed by atoms with Crippen molar-refractivity contribution in [3.05, 3.63) is 0 Å². The summed E-state index contributed by atoms with van der Waals surface area (Å²) in [7, 11) is 0. The van der Waals surface area contributed by atoms with Crippen LogP contribution in [0.5, 0.6) is 0 Å². The second-order valence-electron chi connectivity index (χ2n) is 4.32. The van der Waals surface area contributed by atoms with Gasteiger partial charge in [-0.1, -0.05) is 0 Å². The fraction of sp³-hybridized carbons (Fsp3) is 0.917. The highest BCUT2D eigenvalue weighted by molar-refractivity contribution is 5.76. The van der Waals surface area contributed by atoms with Crippen LogP contribution >= 0.6 is 0 Å². The van der Waals surface area contributed by atoms with Gasteiger partial charge in [0.15, 0.2) is 0 Å². The second-order valence-corrected chi connectivity index (χ2v) is 4.32. The smallest absolute Gasteiger partial charge is 0.222 e. The Bertz CT molecular complexity index is 214. The zero-order valence-corrected chi connectivity index (χ0v) is 10.3. The van der Waals surface area contributed by atoms with Crippen molar-refractivity contribution in [2.75, 3.05) is 26.3 Å². The van der Waals surface area contributed by atoms with E-state index < -0.39 is 0 Å². The van der Waals surface area contributed by atoms with Crippen molar-refractivity contribution in [3.63, 3.8) is 0 Å². The van der Waals surface area contributed by atoms with Gasteiger partial charge in [0.2, 0.25) is 5.91 Å².